The highest BCUT2D eigenvalue weighted by Gasteiger charge is 2.19. The van der Waals surface area contributed by atoms with E-state index in [1.807, 2.05) is 0 Å². The zero-order chi connectivity index (χ0) is 18.4. The molecule has 0 aliphatic carbocycles. The molecule has 0 saturated carbocycles. The highest BCUT2D eigenvalue weighted by molar-refractivity contribution is 9.13. The zero-order valence-electron chi connectivity index (χ0n) is 12.7. The van der Waals surface area contributed by atoms with E-state index in [4.69, 9.17) is 11.5 Å². The van der Waals surface area contributed by atoms with Gasteiger partial charge in [-0.15, -0.1) is 12.3 Å². The maximum atomic E-state index is 12.1. The molecule has 1 atom stereocenters. The largest absolute Gasteiger partial charge is 0.480 e. The summed E-state index contributed by atoms with van der Waals surface area (Å²) >= 11 is 6.08. The number of carboxylic acid groups (broad SMARTS) is 1. The van der Waals surface area contributed by atoms with Gasteiger partial charge in [0.25, 0.3) is 11.1 Å². The molecule has 10 heteroatoms. The number of halogens is 2. The van der Waals surface area contributed by atoms with Crippen molar-refractivity contribution in [3.63, 3.8) is 0 Å². The van der Waals surface area contributed by atoms with Crippen molar-refractivity contribution in [3.8, 4) is 12.3 Å². The van der Waals surface area contributed by atoms with Gasteiger partial charge in [-0.3, -0.25) is 14.4 Å². The first-order valence-corrected chi connectivity index (χ1v) is 8.40. The van der Waals surface area contributed by atoms with Gasteiger partial charge in [-0.2, -0.15) is 0 Å². The minimum atomic E-state index is -1.21. The van der Waals surface area contributed by atoms with Crippen molar-refractivity contribution in [3.05, 3.63) is 29.7 Å². The molecule has 1 aromatic heterocycles. The van der Waals surface area contributed by atoms with Crippen LogP contribution in [0.5, 0.6) is 0 Å². The Hall–Kier alpha value is -1.86. The molecule has 0 aliphatic rings. The Morgan fingerprint density at radius 2 is 1.88 bits per heavy atom. The number of nitrogens with zero attached hydrogens (tertiary/aromatic N) is 2. The van der Waals surface area contributed by atoms with E-state index in [0.717, 1.165) is 4.68 Å². The number of nitrogens with one attached hydrogen (secondary N) is 1. The van der Waals surface area contributed by atoms with Gasteiger partial charge >= 0.3 is 5.97 Å². The Labute approximate surface area is 154 Å². The standard InChI is InChI=1S/C14H15Br2N3O5/c1-3-5-8(14(23)24)17-9(20)6-4-7-19-13(22)11(16)10(15)12(21)18(19)2/h1,8H,4-7H2,2H3,(H,17,20)(H,23,24)/t8-/m0/s1. The molecule has 1 rings (SSSR count). The van der Waals surface area contributed by atoms with Crippen molar-refractivity contribution in [1.82, 2.24) is 14.7 Å². The normalized spacial score (nSPS) is 11.6. The lowest BCUT2D eigenvalue weighted by Crippen LogP contribution is -2.41. The molecule has 0 aromatic carbocycles. The Morgan fingerprint density at radius 1 is 1.29 bits per heavy atom. The number of hydrogen-bond acceptors (Lipinski definition) is 4. The minimum Gasteiger partial charge on any atom is -0.480 e. The number of aromatic nitrogens is 2. The van der Waals surface area contributed by atoms with Gasteiger partial charge in [-0.05, 0) is 38.3 Å². The van der Waals surface area contributed by atoms with E-state index < -0.39 is 29.0 Å². The Kier molecular flexibility index (Phi) is 7.44. The summed E-state index contributed by atoms with van der Waals surface area (Å²) < 4.78 is 2.58. The lowest BCUT2D eigenvalue weighted by Gasteiger charge is -2.14. The van der Waals surface area contributed by atoms with Gasteiger partial charge in [0.1, 0.15) is 15.0 Å². The fourth-order valence-corrected chi connectivity index (χ4v) is 2.71. The zero-order valence-corrected chi connectivity index (χ0v) is 15.9. The Morgan fingerprint density at radius 3 is 2.42 bits per heavy atom. The number of carboxylic acids is 1. The van der Waals surface area contributed by atoms with Crippen molar-refractivity contribution in [1.29, 1.82) is 0 Å². The molecule has 130 valence electrons. The minimum absolute atomic E-state index is 0.0112. The molecule has 2 N–H and O–H groups in total. The SMILES string of the molecule is C#CC[C@H](NC(=O)CCCn1c(=O)c(Br)c(Br)c(=O)n1C)C(=O)O. The second-order valence-corrected chi connectivity index (χ2v) is 6.44. The second kappa shape index (κ2) is 8.84. The van der Waals surface area contributed by atoms with Crippen LogP contribution in [0.1, 0.15) is 19.3 Å². The van der Waals surface area contributed by atoms with Crippen molar-refractivity contribution in [2.45, 2.75) is 31.8 Å². The molecule has 0 saturated heterocycles. The summed E-state index contributed by atoms with van der Waals surface area (Å²) in [5.74, 6) is 0.475. The number of aliphatic carboxylic acids is 1. The highest BCUT2D eigenvalue weighted by Crippen LogP contribution is 2.13. The lowest BCUT2D eigenvalue weighted by atomic mass is 10.2. The summed E-state index contributed by atoms with van der Waals surface area (Å²) in [5, 5.41) is 11.2. The van der Waals surface area contributed by atoms with E-state index in [-0.39, 0.29) is 34.8 Å². The molecule has 1 amide bonds. The third-order valence-electron chi connectivity index (χ3n) is 3.19. The summed E-state index contributed by atoms with van der Waals surface area (Å²) in [4.78, 5) is 46.7. The van der Waals surface area contributed by atoms with E-state index in [1.165, 1.54) is 11.7 Å². The number of hydrogen-bond donors (Lipinski definition) is 2. The number of rotatable bonds is 7. The van der Waals surface area contributed by atoms with Crippen LogP contribution < -0.4 is 16.4 Å². The van der Waals surface area contributed by atoms with Gasteiger partial charge in [0.2, 0.25) is 5.91 Å². The quantitative estimate of drug-likeness (QED) is 0.569. The molecule has 0 spiro atoms. The monoisotopic (exact) mass is 463 g/mol. The van der Waals surface area contributed by atoms with E-state index >= 15 is 0 Å². The van der Waals surface area contributed by atoms with Crippen LogP contribution in [0.3, 0.4) is 0 Å². The van der Waals surface area contributed by atoms with Crippen LogP contribution in [0.15, 0.2) is 18.5 Å². The molecule has 8 nitrogen and oxygen atoms in total. The summed E-state index contributed by atoms with van der Waals surface area (Å²) in [6.45, 7) is 0.122. The fourth-order valence-electron chi connectivity index (χ4n) is 1.91. The van der Waals surface area contributed by atoms with E-state index in [1.54, 1.807) is 0 Å². The van der Waals surface area contributed by atoms with Crippen LogP contribution in [-0.4, -0.2) is 32.4 Å². The van der Waals surface area contributed by atoms with Crippen molar-refractivity contribution < 1.29 is 14.7 Å². The number of carbonyl (C=O) groups is 2. The molecule has 0 bridgehead atoms. The maximum Gasteiger partial charge on any atom is 0.327 e. The highest BCUT2D eigenvalue weighted by atomic mass is 79.9. The molecule has 0 unspecified atom stereocenters. The van der Waals surface area contributed by atoms with Gasteiger partial charge in [-0.25, -0.2) is 14.2 Å². The molecule has 1 heterocycles. The first kappa shape index (κ1) is 20.2. The predicted molar refractivity (Wildman–Crippen MR) is 93.6 cm³/mol. The van der Waals surface area contributed by atoms with Crippen LogP contribution in [0.4, 0.5) is 0 Å². The van der Waals surface area contributed by atoms with Crippen LogP contribution >= 0.6 is 31.9 Å². The maximum absolute atomic E-state index is 12.1. The molecule has 0 aliphatic heterocycles. The Balaban J connectivity index is 2.74. The summed E-state index contributed by atoms with van der Waals surface area (Å²) in [6.07, 6.45) is 5.17. The van der Waals surface area contributed by atoms with Crippen LogP contribution in [0, 0.1) is 12.3 Å². The number of amides is 1. The molecule has 0 radical (unpaired) electrons. The van der Waals surface area contributed by atoms with Gasteiger partial charge < -0.3 is 10.4 Å². The summed E-state index contributed by atoms with van der Waals surface area (Å²) in [7, 11) is 1.44. The average Bonchev–Trinajstić information content (AvgIpc) is 2.53. The Bertz CT molecular complexity index is 806. The number of terminal acetylenes is 1. The fraction of sp³-hybridized carbons (Fsp3) is 0.429. The van der Waals surface area contributed by atoms with Gasteiger partial charge in [0.15, 0.2) is 0 Å². The van der Waals surface area contributed by atoms with Crippen LogP contribution in [-0.2, 0) is 23.2 Å². The molecule has 24 heavy (non-hydrogen) atoms. The van der Waals surface area contributed by atoms with E-state index in [9.17, 15) is 19.2 Å². The molecular formula is C14H15Br2N3O5. The first-order chi connectivity index (χ1) is 11.2. The van der Waals surface area contributed by atoms with E-state index in [2.05, 4.69) is 43.1 Å². The van der Waals surface area contributed by atoms with Crippen molar-refractivity contribution >= 4 is 43.7 Å². The van der Waals surface area contributed by atoms with Crippen molar-refractivity contribution in [2.24, 2.45) is 7.05 Å². The van der Waals surface area contributed by atoms with Gasteiger partial charge in [-0.1, -0.05) is 0 Å². The molecule has 1 aromatic rings. The second-order valence-electron chi connectivity index (χ2n) is 4.86. The summed E-state index contributed by atoms with van der Waals surface area (Å²) in [5.41, 5.74) is -0.814. The smallest absolute Gasteiger partial charge is 0.327 e. The van der Waals surface area contributed by atoms with Gasteiger partial charge in [0.05, 0.1) is 0 Å². The summed E-state index contributed by atoms with van der Waals surface area (Å²) in [6, 6.07) is -1.14. The van der Waals surface area contributed by atoms with Crippen LogP contribution in [0.25, 0.3) is 0 Å². The third kappa shape index (κ3) is 4.82. The first-order valence-electron chi connectivity index (χ1n) is 6.81. The average molecular weight is 465 g/mol. The van der Waals surface area contributed by atoms with Crippen LogP contribution in [0.2, 0.25) is 0 Å². The number of carbonyl (C=O) groups excluding carboxylic acids is 1. The van der Waals surface area contributed by atoms with E-state index in [0.29, 0.717) is 0 Å². The molecule has 0 fully saturated rings. The molecular weight excluding hydrogens is 450 g/mol. The third-order valence-corrected chi connectivity index (χ3v) is 5.19. The predicted octanol–water partition coefficient (Wildman–Crippen LogP) is 0.445. The van der Waals surface area contributed by atoms with Crippen molar-refractivity contribution in [2.75, 3.05) is 0 Å². The lowest BCUT2D eigenvalue weighted by molar-refractivity contribution is -0.141. The van der Waals surface area contributed by atoms with Gasteiger partial charge in [0, 0.05) is 26.4 Å². The topological polar surface area (TPSA) is 110 Å².